The molecule has 1 saturated heterocycles. The number of rotatable bonds is 3. The molecule has 1 amide bonds. The molecule has 0 unspecified atom stereocenters. The van der Waals surface area contributed by atoms with Crippen molar-refractivity contribution in [3.8, 4) is 0 Å². The molecule has 0 atom stereocenters. The molecule has 2 aromatic rings. The molecule has 2 aromatic carbocycles. The summed E-state index contributed by atoms with van der Waals surface area (Å²) in [6, 6.07) is 15.8. The Kier molecular flexibility index (Phi) is 4.65. The number of hydrogen-bond donors (Lipinski definition) is 1. The fourth-order valence-corrected chi connectivity index (χ4v) is 3.01. The summed E-state index contributed by atoms with van der Waals surface area (Å²) < 4.78 is 0. The van der Waals surface area contributed by atoms with Crippen LogP contribution in [0.25, 0.3) is 0 Å². The fraction of sp³-hybridized carbons (Fsp3) is 0.350. The van der Waals surface area contributed by atoms with Gasteiger partial charge in [0, 0.05) is 30.0 Å². The van der Waals surface area contributed by atoms with Crippen molar-refractivity contribution in [1.29, 1.82) is 0 Å². The van der Waals surface area contributed by atoms with Gasteiger partial charge in [0.05, 0.1) is 0 Å². The summed E-state index contributed by atoms with van der Waals surface area (Å²) in [5.74, 6) is 0.771. The van der Waals surface area contributed by atoms with Gasteiger partial charge >= 0.3 is 0 Å². The number of nitrogens with zero attached hydrogens (tertiary/aromatic N) is 1. The molecule has 1 heterocycles. The number of amides is 1. The maximum Gasteiger partial charge on any atom is 0.255 e. The van der Waals surface area contributed by atoms with Gasteiger partial charge in [0.1, 0.15) is 0 Å². The van der Waals surface area contributed by atoms with E-state index in [1.54, 1.807) is 0 Å². The maximum atomic E-state index is 12.3. The summed E-state index contributed by atoms with van der Waals surface area (Å²) in [5.41, 5.74) is 3.86. The first-order valence-corrected chi connectivity index (χ1v) is 8.35. The van der Waals surface area contributed by atoms with Crippen molar-refractivity contribution >= 4 is 17.3 Å². The topological polar surface area (TPSA) is 32.3 Å². The van der Waals surface area contributed by atoms with Gasteiger partial charge in [-0.05, 0) is 62.1 Å². The number of aryl methyl sites for hydroxylation is 1. The normalized spacial score (nSPS) is 15.5. The fourth-order valence-electron chi connectivity index (χ4n) is 3.01. The SMILES string of the molecule is Cc1cccc(C(=O)Nc2ccc(N3CCC(C)CC3)cc2)c1. The highest BCUT2D eigenvalue weighted by molar-refractivity contribution is 6.04. The summed E-state index contributed by atoms with van der Waals surface area (Å²) in [6.45, 7) is 6.55. The van der Waals surface area contributed by atoms with E-state index in [2.05, 4.69) is 29.3 Å². The van der Waals surface area contributed by atoms with E-state index in [1.807, 2.05) is 43.3 Å². The van der Waals surface area contributed by atoms with Crippen LogP contribution in [0.1, 0.15) is 35.7 Å². The number of hydrogen-bond acceptors (Lipinski definition) is 2. The maximum absolute atomic E-state index is 12.3. The third-order valence-corrected chi connectivity index (χ3v) is 4.55. The van der Waals surface area contributed by atoms with E-state index in [-0.39, 0.29) is 5.91 Å². The van der Waals surface area contributed by atoms with Crippen molar-refractivity contribution in [3.63, 3.8) is 0 Å². The van der Waals surface area contributed by atoms with Crippen LogP contribution in [0, 0.1) is 12.8 Å². The van der Waals surface area contributed by atoms with Crippen LogP contribution in [0.5, 0.6) is 0 Å². The molecular formula is C20H24N2O. The highest BCUT2D eigenvalue weighted by Crippen LogP contribution is 2.24. The smallest absolute Gasteiger partial charge is 0.255 e. The Hall–Kier alpha value is -2.29. The average Bonchev–Trinajstić information content (AvgIpc) is 2.56. The third kappa shape index (κ3) is 3.92. The van der Waals surface area contributed by atoms with Crippen LogP contribution in [0.2, 0.25) is 0 Å². The molecule has 23 heavy (non-hydrogen) atoms. The minimum absolute atomic E-state index is 0.0618. The molecule has 3 nitrogen and oxygen atoms in total. The second-order valence-corrected chi connectivity index (χ2v) is 6.54. The molecule has 0 aliphatic carbocycles. The first-order valence-electron chi connectivity index (χ1n) is 8.35. The van der Waals surface area contributed by atoms with Gasteiger partial charge in [-0.1, -0.05) is 24.6 Å². The molecule has 120 valence electrons. The number of anilines is 2. The zero-order valence-corrected chi connectivity index (χ0v) is 13.9. The minimum Gasteiger partial charge on any atom is -0.372 e. The van der Waals surface area contributed by atoms with Gasteiger partial charge in [-0.15, -0.1) is 0 Å². The van der Waals surface area contributed by atoms with Crippen LogP contribution in [0.4, 0.5) is 11.4 Å². The monoisotopic (exact) mass is 308 g/mol. The van der Waals surface area contributed by atoms with E-state index in [9.17, 15) is 4.79 Å². The van der Waals surface area contributed by atoms with Crippen molar-refractivity contribution < 1.29 is 4.79 Å². The van der Waals surface area contributed by atoms with Crippen molar-refractivity contribution in [2.45, 2.75) is 26.7 Å². The summed E-state index contributed by atoms with van der Waals surface area (Å²) in [6.07, 6.45) is 2.51. The second kappa shape index (κ2) is 6.86. The summed E-state index contributed by atoms with van der Waals surface area (Å²) in [4.78, 5) is 14.7. The number of carbonyl (C=O) groups is 1. The van der Waals surface area contributed by atoms with Gasteiger partial charge in [0.15, 0.2) is 0 Å². The largest absolute Gasteiger partial charge is 0.372 e. The van der Waals surface area contributed by atoms with Gasteiger partial charge in [-0.25, -0.2) is 0 Å². The first-order chi connectivity index (χ1) is 11.1. The Labute approximate surface area is 138 Å². The number of piperidine rings is 1. The van der Waals surface area contributed by atoms with Gasteiger partial charge in [0.2, 0.25) is 0 Å². The zero-order chi connectivity index (χ0) is 16.2. The van der Waals surface area contributed by atoms with E-state index in [0.29, 0.717) is 5.56 Å². The Morgan fingerprint density at radius 3 is 2.43 bits per heavy atom. The Balaban J connectivity index is 1.64. The van der Waals surface area contributed by atoms with Crippen molar-refractivity contribution in [1.82, 2.24) is 0 Å². The van der Waals surface area contributed by atoms with Crippen LogP contribution in [-0.4, -0.2) is 19.0 Å². The van der Waals surface area contributed by atoms with Crippen molar-refractivity contribution in [3.05, 3.63) is 59.7 Å². The lowest BCUT2D eigenvalue weighted by Crippen LogP contribution is -2.32. The zero-order valence-electron chi connectivity index (χ0n) is 13.9. The predicted molar refractivity (Wildman–Crippen MR) is 96.2 cm³/mol. The Bertz CT molecular complexity index is 670. The quantitative estimate of drug-likeness (QED) is 0.906. The van der Waals surface area contributed by atoms with Crippen LogP contribution < -0.4 is 10.2 Å². The molecule has 0 radical (unpaired) electrons. The summed E-state index contributed by atoms with van der Waals surface area (Å²) >= 11 is 0. The first kappa shape index (κ1) is 15.6. The highest BCUT2D eigenvalue weighted by Gasteiger charge is 2.16. The molecule has 3 heteroatoms. The summed E-state index contributed by atoms with van der Waals surface area (Å²) in [7, 11) is 0. The highest BCUT2D eigenvalue weighted by atomic mass is 16.1. The number of nitrogens with one attached hydrogen (secondary N) is 1. The van der Waals surface area contributed by atoms with E-state index in [4.69, 9.17) is 0 Å². The van der Waals surface area contributed by atoms with Crippen LogP contribution >= 0.6 is 0 Å². The van der Waals surface area contributed by atoms with Gasteiger partial charge in [-0.3, -0.25) is 4.79 Å². The van der Waals surface area contributed by atoms with Crippen LogP contribution in [-0.2, 0) is 0 Å². The Morgan fingerprint density at radius 1 is 1.09 bits per heavy atom. The molecule has 0 saturated carbocycles. The molecular weight excluding hydrogens is 284 g/mol. The van der Waals surface area contributed by atoms with E-state index in [0.717, 1.165) is 30.3 Å². The van der Waals surface area contributed by atoms with Crippen LogP contribution in [0.15, 0.2) is 48.5 Å². The molecule has 3 rings (SSSR count). The average molecular weight is 308 g/mol. The lowest BCUT2D eigenvalue weighted by atomic mass is 9.99. The number of carbonyl (C=O) groups excluding carboxylic acids is 1. The van der Waals surface area contributed by atoms with Crippen molar-refractivity contribution in [2.24, 2.45) is 5.92 Å². The van der Waals surface area contributed by atoms with Crippen molar-refractivity contribution in [2.75, 3.05) is 23.3 Å². The second-order valence-electron chi connectivity index (χ2n) is 6.54. The molecule has 0 aromatic heterocycles. The predicted octanol–water partition coefficient (Wildman–Crippen LogP) is 4.48. The molecule has 1 aliphatic heterocycles. The molecule has 1 N–H and O–H groups in total. The van der Waals surface area contributed by atoms with E-state index < -0.39 is 0 Å². The van der Waals surface area contributed by atoms with E-state index >= 15 is 0 Å². The molecule has 1 fully saturated rings. The van der Waals surface area contributed by atoms with Gasteiger partial charge < -0.3 is 10.2 Å². The van der Waals surface area contributed by atoms with Gasteiger partial charge in [0.25, 0.3) is 5.91 Å². The minimum atomic E-state index is -0.0618. The van der Waals surface area contributed by atoms with E-state index in [1.165, 1.54) is 18.5 Å². The van der Waals surface area contributed by atoms with Crippen LogP contribution in [0.3, 0.4) is 0 Å². The Morgan fingerprint density at radius 2 is 1.78 bits per heavy atom. The lowest BCUT2D eigenvalue weighted by Gasteiger charge is -2.32. The third-order valence-electron chi connectivity index (χ3n) is 4.55. The molecule has 1 aliphatic rings. The molecule has 0 bridgehead atoms. The lowest BCUT2D eigenvalue weighted by molar-refractivity contribution is 0.102. The standard InChI is InChI=1S/C20H24N2O/c1-15-10-12-22(13-11-15)19-8-6-18(7-9-19)21-20(23)17-5-3-4-16(2)14-17/h3-9,14-15H,10-13H2,1-2H3,(H,21,23). The number of benzene rings is 2. The molecule has 0 spiro atoms. The summed E-state index contributed by atoms with van der Waals surface area (Å²) in [5, 5.41) is 2.97. The van der Waals surface area contributed by atoms with Gasteiger partial charge in [-0.2, -0.15) is 0 Å².